The Labute approximate surface area is 186 Å². The van der Waals surface area contributed by atoms with Gasteiger partial charge < -0.3 is 4.70 Å². The molecule has 0 N–H and O–H groups in total. The van der Waals surface area contributed by atoms with Crippen LogP contribution in [0.25, 0.3) is 33.8 Å². The summed E-state index contributed by atoms with van der Waals surface area (Å²) < 4.78 is 35.3. The van der Waals surface area contributed by atoms with Gasteiger partial charge in [0.25, 0.3) is 0 Å². The molecule has 164 valence electrons. The number of benzene rings is 3. The molecule has 0 radical (unpaired) electrons. The van der Waals surface area contributed by atoms with E-state index in [4.69, 9.17) is 4.42 Å². The summed E-state index contributed by atoms with van der Waals surface area (Å²) in [5.41, 5.74) is 8.51. The Balaban J connectivity index is 0.000000672. The second-order valence-corrected chi connectivity index (χ2v) is 7.33. The summed E-state index contributed by atoms with van der Waals surface area (Å²) in [5, 5.41) is 0. The van der Waals surface area contributed by atoms with Crippen LogP contribution in [0.15, 0.2) is 89.3 Å². The standard InChI is InChI=1S/C26H23O.BF3.FH/c1-18-14-19(2)26(20(3)15-18)23-16-24(21-10-6-4-7-11-21)27-25(17-23)22-12-8-5-9-13-22;2-1(3)4;/h4-17H,1-3H3;;1H/q+1;;/p-1. The van der Waals surface area contributed by atoms with Crippen LogP contribution in [0.5, 0.6) is 0 Å². The van der Waals surface area contributed by atoms with Gasteiger partial charge in [0.1, 0.15) is 0 Å². The van der Waals surface area contributed by atoms with Gasteiger partial charge in [-0.05, 0) is 61.7 Å². The Kier molecular flexibility index (Phi) is 8.76. The van der Waals surface area contributed by atoms with E-state index in [1.165, 1.54) is 27.8 Å². The Morgan fingerprint density at radius 2 is 0.969 bits per heavy atom. The summed E-state index contributed by atoms with van der Waals surface area (Å²) in [7, 11) is -3.67. The fourth-order valence-corrected chi connectivity index (χ4v) is 3.77. The molecular weight excluding hydrogens is 415 g/mol. The number of hydrogen-bond donors (Lipinski definition) is 0. The van der Waals surface area contributed by atoms with Crippen LogP contribution in [0, 0.1) is 20.8 Å². The molecule has 0 bridgehead atoms. The largest absolute Gasteiger partial charge is 1.00 e. The molecule has 1 heterocycles. The lowest BCUT2D eigenvalue weighted by atomic mass is 9.93. The first-order chi connectivity index (χ1) is 14.8. The van der Waals surface area contributed by atoms with Crippen molar-refractivity contribution in [2.45, 2.75) is 20.8 Å². The zero-order chi connectivity index (χ0) is 22.4. The number of rotatable bonds is 3. The number of halogens is 4. The Morgan fingerprint density at radius 3 is 1.34 bits per heavy atom. The highest BCUT2D eigenvalue weighted by Gasteiger charge is 2.21. The minimum atomic E-state index is -3.67. The van der Waals surface area contributed by atoms with Crippen molar-refractivity contribution in [1.82, 2.24) is 0 Å². The number of aryl methyl sites for hydroxylation is 3. The van der Waals surface area contributed by atoms with Gasteiger partial charge in [-0.1, -0.05) is 54.1 Å². The summed E-state index contributed by atoms with van der Waals surface area (Å²) in [6.45, 7) is 6.52. The molecule has 0 aliphatic carbocycles. The number of hydrogen-bond acceptors (Lipinski definition) is 0. The minimum Gasteiger partial charge on any atom is -1.00 e. The maximum Gasteiger partial charge on any atom is 0.762 e. The molecule has 1 nitrogen and oxygen atoms in total. The molecule has 6 heteroatoms. The van der Waals surface area contributed by atoms with Crippen molar-refractivity contribution in [2.24, 2.45) is 0 Å². The van der Waals surface area contributed by atoms with Gasteiger partial charge in [-0.2, -0.15) is 0 Å². The van der Waals surface area contributed by atoms with Crippen molar-refractivity contribution in [3.63, 3.8) is 0 Å². The topological polar surface area (TPSA) is 11.3 Å². The van der Waals surface area contributed by atoms with Crippen LogP contribution in [0.3, 0.4) is 0 Å². The average Bonchev–Trinajstić information content (AvgIpc) is 2.74. The molecule has 32 heavy (non-hydrogen) atoms. The van der Waals surface area contributed by atoms with E-state index in [1.54, 1.807) is 0 Å². The van der Waals surface area contributed by atoms with Gasteiger partial charge in [0, 0.05) is 5.56 Å². The van der Waals surface area contributed by atoms with Crippen molar-refractivity contribution >= 4 is 7.54 Å². The summed E-state index contributed by atoms with van der Waals surface area (Å²) in [4.78, 5) is 0. The van der Waals surface area contributed by atoms with E-state index in [2.05, 4.69) is 69.3 Å². The highest BCUT2D eigenvalue weighted by molar-refractivity contribution is 6.33. The molecule has 4 rings (SSSR count). The van der Waals surface area contributed by atoms with Crippen LogP contribution >= 0.6 is 0 Å². The molecule has 0 saturated carbocycles. The molecule has 1 aromatic heterocycles. The first-order valence-corrected chi connectivity index (χ1v) is 9.94. The molecule has 0 atom stereocenters. The molecule has 0 amide bonds. The van der Waals surface area contributed by atoms with Crippen molar-refractivity contribution in [3.05, 3.63) is 102 Å². The van der Waals surface area contributed by atoms with Crippen molar-refractivity contribution in [3.8, 4) is 33.8 Å². The smallest absolute Gasteiger partial charge is 0.762 e. The molecular formula is C26H23BF4O. The maximum atomic E-state index is 9.67. The molecule has 4 aromatic rings. The minimum absolute atomic E-state index is 0. The van der Waals surface area contributed by atoms with E-state index in [1.807, 2.05) is 36.4 Å². The highest BCUT2D eigenvalue weighted by atomic mass is 19.4. The van der Waals surface area contributed by atoms with Crippen LogP contribution in [-0.2, 0) is 0 Å². The fraction of sp³-hybridized carbons (Fsp3) is 0.115. The van der Waals surface area contributed by atoms with Gasteiger partial charge in [0.2, 0.25) is 0 Å². The first kappa shape index (κ1) is 24.9. The molecule has 0 aliphatic rings. The van der Waals surface area contributed by atoms with E-state index < -0.39 is 7.54 Å². The maximum absolute atomic E-state index is 9.67. The van der Waals surface area contributed by atoms with E-state index in [0.29, 0.717) is 0 Å². The van der Waals surface area contributed by atoms with Gasteiger partial charge in [-0.15, -0.1) is 0 Å². The zero-order valence-electron chi connectivity index (χ0n) is 18.1. The fourth-order valence-electron chi connectivity index (χ4n) is 3.77. The third kappa shape index (κ3) is 6.30. The lowest BCUT2D eigenvalue weighted by Gasteiger charge is -2.11. The Hall–Kier alpha value is -3.41. The normalized spacial score (nSPS) is 9.94. The quantitative estimate of drug-likeness (QED) is 0.238. The predicted octanol–water partition coefficient (Wildman–Crippen LogP) is 5.37. The first-order valence-electron chi connectivity index (χ1n) is 9.94. The second kappa shape index (κ2) is 11.3. The van der Waals surface area contributed by atoms with Gasteiger partial charge >= 0.3 is 19.1 Å². The van der Waals surface area contributed by atoms with Gasteiger partial charge in [0.05, 0.1) is 23.3 Å². The molecule has 3 aromatic carbocycles. The third-order valence-electron chi connectivity index (χ3n) is 4.88. The van der Waals surface area contributed by atoms with Crippen LogP contribution < -0.4 is 4.70 Å². The van der Waals surface area contributed by atoms with Crippen molar-refractivity contribution in [2.75, 3.05) is 0 Å². The van der Waals surface area contributed by atoms with Crippen LogP contribution in [-0.4, -0.2) is 7.54 Å². The summed E-state index contributed by atoms with van der Waals surface area (Å²) >= 11 is 0. The van der Waals surface area contributed by atoms with Gasteiger partial charge in [-0.25, -0.2) is 4.42 Å². The lowest BCUT2D eigenvalue weighted by molar-refractivity contribution is -0.00000961. The van der Waals surface area contributed by atoms with Gasteiger partial charge in [-0.3, -0.25) is 12.9 Å². The van der Waals surface area contributed by atoms with Gasteiger partial charge in [0.15, 0.2) is 0 Å². The summed E-state index contributed by atoms with van der Waals surface area (Å²) in [6, 6.07) is 29.4. The van der Waals surface area contributed by atoms with E-state index >= 15 is 0 Å². The molecule has 0 aliphatic heterocycles. The van der Waals surface area contributed by atoms with Crippen LogP contribution in [0.2, 0.25) is 0 Å². The molecule has 0 fully saturated rings. The van der Waals surface area contributed by atoms with E-state index in [9.17, 15) is 12.9 Å². The average molecular weight is 438 g/mol. The predicted molar refractivity (Wildman–Crippen MR) is 123 cm³/mol. The zero-order valence-corrected chi connectivity index (χ0v) is 18.1. The molecule has 0 unspecified atom stereocenters. The van der Waals surface area contributed by atoms with Crippen LogP contribution in [0.4, 0.5) is 12.9 Å². The Bertz CT molecular complexity index is 1070. The third-order valence-corrected chi connectivity index (χ3v) is 4.88. The Morgan fingerprint density at radius 1 is 0.594 bits per heavy atom. The molecule has 0 spiro atoms. The molecule has 0 saturated heterocycles. The second-order valence-electron chi connectivity index (χ2n) is 7.33. The monoisotopic (exact) mass is 438 g/mol. The SMILES string of the molecule is Cc1cc(C)c(-c2cc(-c3ccccc3)[o+]c(-c3ccccc3)c2)c(C)c1.FB(F)F.[F-]. The summed E-state index contributed by atoms with van der Waals surface area (Å²) in [6.07, 6.45) is 0. The van der Waals surface area contributed by atoms with Crippen molar-refractivity contribution < 1.29 is 22.1 Å². The van der Waals surface area contributed by atoms with E-state index in [-0.39, 0.29) is 4.70 Å². The summed E-state index contributed by atoms with van der Waals surface area (Å²) in [5.74, 6) is 1.76. The highest BCUT2D eigenvalue weighted by Crippen LogP contribution is 2.35. The van der Waals surface area contributed by atoms with Crippen LogP contribution in [0.1, 0.15) is 16.7 Å². The van der Waals surface area contributed by atoms with Crippen molar-refractivity contribution in [1.29, 1.82) is 0 Å². The van der Waals surface area contributed by atoms with E-state index in [0.717, 1.165) is 22.6 Å². The lowest BCUT2D eigenvalue weighted by Crippen LogP contribution is -3.00.